The summed E-state index contributed by atoms with van der Waals surface area (Å²) in [5.41, 5.74) is 0.624. The Morgan fingerprint density at radius 1 is 1.07 bits per heavy atom. The number of pyridine rings is 1. The molecule has 1 aliphatic heterocycles. The lowest BCUT2D eigenvalue weighted by atomic mass is 10.1. The minimum absolute atomic E-state index is 0.183. The number of amides is 4. The van der Waals surface area contributed by atoms with Crippen LogP contribution in [-0.4, -0.2) is 77.6 Å². The molecular formula is C28H27N5O7. The van der Waals surface area contributed by atoms with Gasteiger partial charge in [0.25, 0.3) is 17.7 Å². The summed E-state index contributed by atoms with van der Waals surface area (Å²) in [6.45, 7) is -0.467. The monoisotopic (exact) mass is 545 g/mol. The molecule has 40 heavy (non-hydrogen) atoms. The number of rotatable bonds is 9. The zero-order chi connectivity index (χ0) is 28.8. The van der Waals surface area contributed by atoms with Crippen molar-refractivity contribution in [2.45, 2.75) is 25.4 Å². The Labute approximate surface area is 229 Å². The van der Waals surface area contributed by atoms with Gasteiger partial charge in [-0.1, -0.05) is 36.4 Å². The summed E-state index contributed by atoms with van der Waals surface area (Å²) in [7, 11) is 0. The maximum atomic E-state index is 13.9. The lowest BCUT2D eigenvalue weighted by Gasteiger charge is -2.25. The SMILES string of the molecule is CC(=O)C[C@@H](C=O)NC(=O)CN1C(=O)[C@@H](NC(=O)c2cncc3ccccc23)CN(C(=O)CO)c2ccccc21. The average molecular weight is 546 g/mol. The second-order valence-corrected chi connectivity index (χ2v) is 9.23. The molecule has 0 saturated heterocycles. The van der Waals surface area contributed by atoms with Crippen LogP contribution in [0.5, 0.6) is 0 Å². The lowest BCUT2D eigenvalue weighted by molar-refractivity contribution is -0.127. The summed E-state index contributed by atoms with van der Waals surface area (Å²) >= 11 is 0. The quantitative estimate of drug-likeness (QED) is 0.324. The van der Waals surface area contributed by atoms with E-state index in [2.05, 4.69) is 15.6 Å². The molecule has 0 fully saturated rings. The van der Waals surface area contributed by atoms with Crippen LogP contribution in [0.2, 0.25) is 0 Å². The van der Waals surface area contributed by atoms with Gasteiger partial charge in [-0.25, -0.2) is 0 Å². The third-order valence-electron chi connectivity index (χ3n) is 6.37. The van der Waals surface area contributed by atoms with Crippen LogP contribution in [0.4, 0.5) is 11.4 Å². The first kappa shape index (κ1) is 28.0. The number of Topliss-reactive ketones (excluding diaryl/α,β-unsaturated/α-hetero) is 1. The highest BCUT2D eigenvalue weighted by Crippen LogP contribution is 2.33. The molecule has 3 aromatic rings. The topological polar surface area (TPSA) is 166 Å². The van der Waals surface area contributed by atoms with Gasteiger partial charge in [-0.05, 0) is 24.4 Å². The van der Waals surface area contributed by atoms with Crippen LogP contribution < -0.4 is 20.4 Å². The number of aliphatic hydroxyl groups excluding tert-OH is 1. The van der Waals surface area contributed by atoms with E-state index in [1.165, 1.54) is 24.1 Å². The Morgan fingerprint density at radius 2 is 1.77 bits per heavy atom. The van der Waals surface area contributed by atoms with Gasteiger partial charge >= 0.3 is 0 Å². The molecule has 0 radical (unpaired) electrons. The number of carbonyl (C=O) groups is 6. The van der Waals surface area contributed by atoms with Crippen LogP contribution in [0.3, 0.4) is 0 Å². The number of para-hydroxylation sites is 2. The van der Waals surface area contributed by atoms with Crippen LogP contribution in [-0.2, 0) is 24.0 Å². The van der Waals surface area contributed by atoms with Crippen molar-refractivity contribution in [2.75, 3.05) is 29.5 Å². The van der Waals surface area contributed by atoms with E-state index in [0.29, 0.717) is 17.1 Å². The Kier molecular flexibility index (Phi) is 8.60. The van der Waals surface area contributed by atoms with Crippen molar-refractivity contribution >= 4 is 57.8 Å². The molecular weight excluding hydrogens is 518 g/mol. The van der Waals surface area contributed by atoms with Crippen LogP contribution in [0, 0.1) is 0 Å². The van der Waals surface area contributed by atoms with Crippen LogP contribution >= 0.6 is 0 Å². The molecule has 1 aliphatic rings. The molecule has 0 bridgehead atoms. The molecule has 12 heteroatoms. The minimum Gasteiger partial charge on any atom is -0.387 e. The number of aliphatic hydroxyl groups is 1. The van der Waals surface area contributed by atoms with E-state index in [4.69, 9.17) is 0 Å². The predicted octanol–water partition coefficient (Wildman–Crippen LogP) is 0.368. The summed E-state index contributed by atoms with van der Waals surface area (Å²) in [6.07, 6.45) is 3.18. The van der Waals surface area contributed by atoms with Gasteiger partial charge in [-0.3, -0.25) is 33.9 Å². The number of aldehydes is 1. The third-order valence-corrected chi connectivity index (χ3v) is 6.37. The van der Waals surface area contributed by atoms with E-state index in [-0.39, 0.29) is 35.7 Å². The number of nitrogens with one attached hydrogen (secondary N) is 2. The smallest absolute Gasteiger partial charge is 0.254 e. The largest absolute Gasteiger partial charge is 0.387 e. The fourth-order valence-electron chi connectivity index (χ4n) is 4.55. The highest BCUT2D eigenvalue weighted by Gasteiger charge is 2.38. The van der Waals surface area contributed by atoms with Crippen LogP contribution in [0.1, 0.15) is 23.7 Å². The number of hydrogen-bond donors (Lipinski definition) is 3. The number of anilines is 2. The van der Waals surface area contributed by atoms with Crippen molar-refractivity contribution in [3.8, 4) is 0 Å². The summed E-state index contributed by atoms with van der Waals surface area (Å²) in [4.78, 5) is 82.1. The van der Waals surface area contributed by atoms with E-state index in [0.717, 1.165) is 4.90 Å². The van der Waals surface area contributed by atoms with Crippen LogP contribution in [0.25, 0.3) is 10.8 Å². The molecule has 2 aromatic carbocycles. The van der Waals surface area contributed by atoms with Crippen LogP contribution in [0.15, 0.2) is 60.9 Å². The summed E-state index contributed by atoms with van der Waals surface area (Å²) in [6, 6.07) is 11.0. The molecule has 2 atom stereocenters. The van der Waals surface area contributed by atoms with Crippen molar-refractivity contribution in [2.24, 2.45) is 0 Å². The van der Waals surface area contributed by atoms with E-state index in [1.807, 2.05) is 0 Å². The van der Waals surface area contributed by atoms with Crippen molar-refractivity contribution in [1.29, 1.82) is 0 Å². The Bertz CT molecular complexity index is 1490. The Morgan fingerprint density at radius 3 is 2.48 bits per heavy atom. The zero-order valence-corrected chi connectivity index (χ0v) is 21.6. The summed E-state index contributed by atoms with van der Waals surface area (Å²) in [5.74, 6) is -3.09. The fourth-order valence-corrected chi connectivity index (χ4v) is 4.55. The van der Waals surface area contributed by atoms with E-state index in [9.17, 15) is 33.9 Å². The molecule has 3 N–H and O–H groups in total. The number of hydrogen-bond acceptors (Lipinski definition) is 8. The highest BCUT2D eigenvalue weighted by atomic mass is 16.3. The Hall–Kier alpha value is -4.97. The standard InChI is InChI=1S/C28H27N5O7/c1-17(36)10-19(15-34)30-25(37)14-33-24-9-5-4-8-23(24)32(26(38)16-35)13-22(28(33)40)31-27(39)21-12-29-11-18-6-2-3-7-20(18)21/h2-9,11-12,15,19,22,35H,10,13-14,16H2,1H3,(H,30,37)(H,31,39)/t19-,22-/m0/s1. The molecule has 0 spiro atoms. The lowest BCUT2D eigenvalue weighted by Crippen LogP contribution is -2.55. The molecule has 4 amide bonds. The number of benzene rings is 2. The number of nitrogens with zero attached hydrogens (tertiary/aromatic N) is 3. The van der Waals surface area contributed by atoms with Gasteiger partial charge in [0, 0.05) is 24.2 Å². The molecule has 0 unspecified atom stereocenters. The van der Waals surface area contributed by atoms with Gasteiger partial charge < -0.3 is 25.4 Å². The number of aromatic nitrogens is 1. The first-order chi connectivity index (χ1) is 19.2. The number of carbonyl (C=O) groups excluding carboxylic acids is 6. The molecule has 1 aromatic heterocycles. The summed E-state index contributed by atoms with van der Waals surface area (Å²) < 4.78 is 0. The molecule has 0 aliphatic carbocycles. The van der Waals surface area contributed by atoms with Gasteiger partial charge in [-0.2, -0.15) is 0 Å². The number of fused-ring (bicyclic) bond motifs is 2. The van der Waals surface area contributed by atoms with Gasteiger partial charge in [0.15, 0.2) is 0 Å². The first-order valence-corrected chi connectivity index (χ1v) is 12.4. The maximum absolute atomic E-state index is 13.9. The van der Waals surface area contributed by atoms with Crippen molar-refractivity contribution in [3.05, 3.63) is 66.5 Å². The maximum Gasteiger partial charge on any atom is 0.254 e. The highest BCUT2D eigenvalue weighted by molar-refractivity contribution is 6.12. The average Bonchev–Trinajstić information content (AvgIpc) is 3.06. The van der Waals surface area contributed by atoms with Gasteiger partial charge in [0.05, 0.1) is 29.5 Å². The van der Waals surface area contributed by atoms with Crippen molar-refractivity contribution in [3.63, 3.8) is 0 Å². The van der Waals surface area contributed by atoms with Gasteiger partial charge in [0.1, 0.15) is 31.3 Å². The molecule has 4 rings (SSSR count). The van der Waals surface area contributed by atoms with Gasteiger partial charge in [0.2, 0.25) is 5.91 Å². The van der Waals surface area contributed by atoms with Crippen molar-refractivity contribution in [1.82, 2.24) is 15.6 Å². The van der Waals surface area contributed by atoms with Gasteiger partial charge in [-0.15, -0.1) is 0 Å². The second kappa shape index (κ2) is 12.3. The number of ketones is 1. The molecule has 0 saturated carbocycles. The van der Waals surface area contributed by atoms with E-state index < -0.39 is 48.9 Å². The van der Waals surface area contributed by atoms with Crippen molar-refractivity contribution < 1.29 is 33.9 Å². The summed E-state index contributed by atoms with van der Waals surface area (Å²) in [5, 5.41) is 16.0. The van der Waals surface area contributed by atoms with E-state index >= 15 is 0 Å². The molecule has 206 valence electrons. The molecule has 2 heterocycles. The minimum atomic E-state index is -1.32. The third kappa shape index (κ3) is 6.02. The first-order valence-electron chi connectivity index (χ1n) is 12.4. The normalized spacial score (nSPS) is 15.6. The predicted molar refractivity (Wildman–Crippen MR) is 145 cm³/mol. The zero-order valence-electron chi connectivity index (χ0n) is 21.6. The fraction of sp³-hybridized carbons (Fsp3) is 0.250. The molecule has 12 nitrogen and oxygen atoms in total. The Balaban J connectivity index is 1.69. The second-order valence-electron chi connectivity index (χ2n) is 9.23. The van der Waals surface area contributed by atoms with E-state index in [1.54, 1.807) is 48.7 Å².